The van der Waals surface area contributed by atoms with E-state index in [1.165, 1.54) is 11.0 Å². The zero-order chi connectivity index (χ0) is 31.4. The summed E-state index contributed by atoms with van der Waals surface area (Å²) >= 11 is 0. The third kappa shape index (κ3) is 5.46. The van der Waals surface area contributed by atoms with Crippen LogP contribution < -0.4 is 10.6 Å². The Balaban J connectivity index is 1.50. The molecule has 0 saturated carbocycles. The van der Waals surface area contributed by atoms with E-state index in [4.69, 9.17) is 5.73 Å². The maximum atomic E-state index is 12.1. The highest BCUT2D eigenvalue weighted by Gasteiger charge is 2.31. The van der Waals surface area contributed by atoms with E-state index in [0.717, 1.165) is 22.8 Å². The van der Waals surface area contributed by atoms with Crippen LogP contribution in [0.5, 0.6) is 5.75 Å². The molecule has 0 unspecified atom stereocenters. The average molecular weight is 625 g/mol. The van der Waals surface area contributed by atoms with Crippen LogP contribution in [0.15, 0.2) is 74.6 Å². The lowest BCUT2D eigenvalue weighted by Crippen LogP contribution is -2.29. The molecule has 15 heteroatoms. The minimum Gasteiger partial charge on any atom is -0.505 e. The molecule has 4 aromatic rings. The van der Waals surface area contributed by atoms with Crippen molar-refractivity contribution in [2.45, 2.75) is 36.5 Å². The van der Waals surface area contributed by atoms with Crippen molar-refractivity contribution in [1.29, 1.82) is 0 Å². The molecular formula is C28H24N4O9S2. The van der Waals surface area contributed by atoms with Crippen molar-refractivity contribution in [3.05, 3.63) is 65.7 Å². The number of phenols is 1. The number of phenolic OH excluding ortho intramolecular Hbond substituents is 1. The second kappa shape index (κ2) is 10.5. The number of imide groups is 1. The van der Waals surface area contributed by atoms with Gasteiger partial charge in [-0.3, -0.25) is 23.6 Å². The number of nitrogens with two attached hydrogens (primary N) is 1. The number of hydrogen-bond acceptors (Lipinski definition) is 10. The van der Waals surface area contributed by atoms with Crippen LogP contribution in [0.1, 0.15) is 24.0 Å². The lowest BCUT2D eigenvalue weighted by Gasteiger charge is -2.17. The third-order valence-corrected chi connectivity index (χ3v) is 8.85. The molecule has 0 aromatic heterocycles. The number of rotatable bonds is 6. The van der Waals surface area contributed by atoms with E-state index in [9.17, 15) is 40.6 Å². The van der Waals surface area contributed by atoms with Crippen molar-refractivity contribution < 1.29 is 40.6 Å². The molecule has 4 aromatic carbocycles. The van der Waals surface area contributed by atoms with Gasteiger partial charge in [0.15, 0.2) is 5.75 Å². The smallest absolute Gasteiger partial charge is 0.296 e. The maximum absolute atomic E-state index is 12.1. The standard InChI is InChI=1S/C28H24N4O9S2/c1-14-11-16(17-4-8-21(15(2)12-17)32-24(33)9-10-25(32)34)3-6-19(14)30-31-20-7-5-18-22(42(36,37)38)13-23(43(39,40)41)27(29)26(18)28(20)35/h3-8,11-13,35H,9-10,29H2,1-2H3,(H,36,37,38)(H,39,40,41). The molecule has 1 heterocycles. The Morgan fingerprint density at radius 2 is 1.28 bits per heavy atom. The van der Waals surface area contributed by atoms with Crippen LogP contribution in [0.4, 0.5) is 22.7 Å². The highest BCUT2D eigenvalue weighted by Crippen LogP contribution is 2.44. The Bertz CT molecular complexity index is 2110. The van der Waals surface area contributed by atoms with Crippen molar-refractivity contribution in [2.75, 3.05) is 10.6 Å². The van der Waals surface area contributed by atoms with Crippen molar-refractivity contribution in [1.82, 2.24) is 0 Å². The number of nitrogen functional groups attached to an aromatic ring is 1. The van der Waals surface area contributed by atoms with Crippen LogP contribution in [0.3, 0.4) is 0 Å². The Hall–Kier alpha value is -4.70. The van der Waals surface area contributed by atoms with Gasteiger partial charge in [0.25, 0.3) is 20.2 Å². The minimum atomic E-state index is -5.04. The number of hydrogen-bond donors (Lipinski definition) is 4. The van der Waals surface area contributed by atoms with Gasteiger partial charge in [-0.05, 0) is 72.5 Å². The third-order valence-electron chi connectivity index (χ3n) is 7.06. The van der Waals surface area contributed by atoms with Gasteiger partial charge in [0, 0.05) is 18.2 Å². The molecular weight excluding hydrogens is 600 g/mol. The summed E-state index contributed by atoms with van der Waals surface area (Å²) in [6, 6.07) is 13.5. The van der Waals surface area contributed by atoms with E-state index >= 15 is 0 Å². The van der Waals surface area contributed by atoms with E-state index in [-0.39, 0.29) is 35.7 Å². The van der Waals surface area contributed by atoms with Crippen molar-refractivity contribution in [2.24, 2.45) is 10.2 Å². The summed E-state index contributed by atoms with van der Waals surface area (Å²) in [6.07, 6.45) is 0.383. The topological polar surface area (TPSA) is 217 Å². The molecule has 0 aliphatic carbocycles. The van der Waals surface area contributed by atoms with Gasteiger partial charge >= 0.3 is 0 Å². The first-order valence-corrected chi connectivity index (χ1v) is 15.5. The zero-order valence-corrected chi connectivity index (χ0v) is 24.3. The quantitative estimate of drug-likeness (QED) is 0.0976. The zero-order valence-electron chi connectivity index (χ0n) is 22.6. The number of amides is 2. The number of aryl methyl sites for hydroxylation is 2. The molecule has 13 nitrogen and oxygen atoms in total. The fourth-order valence-corrected chi connectivity index (χ4v) is 6.39. The number of fused-ring (bicyclic) bond motifs is 1. The SMILES string of the molecule is Cc1cc(-c2ccc(N3C(=O)CCC3=O)c(C)c2)ccc1N=Nc1ccc2c(S(=O)(=O)O)cc(S(=O)(=O)O)c(N)c2c1O. The number of azo groups is 1. The molecule has 5 N–H and O–H groups in total. The Morgan fingerprint density at radius 1 is 0.744 bits per heavy atom. The van der Waals surface area contributed by atoms with Crippen molar-refractivity contribution in [3.63, 3.8) is 0 Å². The predicted molar refractivity (Wildman–Crippen MR) is 157 cm³/mol. The number of nitrogens with zero attached hydrogens (tertiary/aromatic N) is 3. The Kier molecular flexibility index (Phi) is 7.30. The highest BCUT2D eigenvalue weighted by atomic mass is 32.2. The van der Waals surface area contributed by atoms with Gasteiger partial charge in [-0.2, -0.15) is 21.9 Å². The number of carbonyl (C=O) groups is 2. The van der Waals surface area contributed by atoms with Crippen LogP contribution in [-0.2, 0) is 29.8 Å². The largest absolute Gasteiger partial charge is 0.505 e. The molecule has 1 aliphatic rings. The summed E-state index contributed by atoms with van der Waals surface area (Å²) in [5.74, 6) is -1.19. The summed E-state index contributed by atoms with van der Waals surface area (Å²) in [5.41, 5.74) is 9.07. The lowest BCUT2D eigenvalue weighted by molar-refractivity contribution is -0.121. The van der Waals surface area contributed by atoms with Gasteiger partial charge < -0.3 is 10.8 Å². The first kappa shape index (κ1) is 29.8. The second-order valence-electron chi connectivity index (χ2n) is 9.92. The molecule has 0 atom stereocenters. The van der Waals surface area contributed by atoms with Gasteiger partial charge in [0.2, 0.25) is 11.8 Å². The average Bonchev–Trinajstić information content (AvgIpc) is 3.24. The number of carbonyl (C=O) groups excluding carboxylic acids is 2. The van der Waals surface area contributed by atoms with E-state index in [0.29, 0.717) is 23.0 Å². The van der Waals surface area contributed by atoms with E-state index in [2.05, 4.69) is 10.2 Å². The molecule has 0 radical (unpaired) electrons. The monoisotopic (exact) mass is 624 g/mol. The summed E-state index contributed by atoms with van der Waals surface area (Å²) < 4.78 is 66.6. The lowest BCUT2D eigenvalue weighted by atomic mass is 10.00. The minimum absolute atomic E-state index is 0.191. The molecule has 1 aliphatic heterocycles. The first-order chi connectivity index (χ1) is 20.1. The number of aromatic hydroxyl groups is 1. The van der Waals surface area contributed by atoms with Crippen molar-refractivity contribution in [3.8, 4) is 16.9 Å². The van der Waals surface area contributed by atoms with E-state index in [1.807, 2.05) is 19.1 Å². The molecule has 5 rings (SSSR count). The van der Waals surface area contributed by atoms with Crippen LogP contribution in [0.25, 0.3) is 21.9 Å². The Morgan fingerprint density at radius 3 is 1.84 bits per heavy atom. The predicted octanol–water partition coefficient (Wildman–Crippen LogP) is 4.97. The molecule has 222 valence electrons. The van der Waals surface area contributed by atoms with Gasteiger partial charge in [0.1, 0.15) is 15.5 Å². The van der Waals surface area contributed by atoms with Crippen molar-refractivity contribution >= 4 is 65.6 Å². The number of benzene rings is 4. The molecule has 1 saturated heterocycles. The summed E-state index contributed by atoms with van der Waals surface area (Å²) in [4.78, 5) is 23.6. The van der Waals surface area contributed by atoms with Gasteiger partial charge in [-0.1, -0.05) is 18.2 Å². The normalized spacial score (nSPS) is 14.4. The summed E-state index contributed by atoms with van der Waals surface area (Å²) in [7, 11) is -10.0. The van der Waals surface area contributed by atoms with Crippen LogP contribution in [0.2, 0.25) is 0 Å². The first-order valence-electron chi connectivity index (χ1n) is 12.6. The van der Waals surface area contributed by atoms with Gasteiger partial charge in [0.05, 0.1) is 22.4 Å². The number of anilines is 2. The van der Waals surface area contributed by atoms with E-state index < -0.39 is 46.9 Å². The van der Waals surface area contributed by atoms with E-state index in [1.54, 1.807) is 31.2 Å². The molecule has 1 fully saturated rings. The second-order valence-corrected chi connectivity index (χ2v) is 12.7. The fraction of sp³-hybridized carbons (Fsp3) is 0.143. The van der Waals surface area contributed by atoms with Crippen LogP contribution in [0, 0.1) is 13.8 Å². The maximum Gasteiger partial charge on any atom is 0.296 e. The van der Waals surface area contributed by atoms with Gasteiger partial charge in [-0.15, -0.1) is 5.11 Å². The summed E-state index contributed by atoms with van der Waals surface area (Å²) in [5, 5.41) is 18.3. The summed E-state index contributed by atoms with van der Waals surface area (Å²) in [6.45, 7) is 3.59. The highest BCUT2D eigenvalue weighted by molar-refractivity contribution is 7.87. The molecule has 0 spiro atoms. The fourth-order valence-electron chi connectivity index (χ4n) is 4.95. The Labute approximate surface area is 245 Å². The van der Waals surface area contributed by atoms with Crippen LogP contribution >= 0.6 is 0 Å². The molecule has 43 heavy (non-hydrogen) atoms. The van der Waals surface area contributed by atoms with Crippen LogP contribution in [-0.4, -0.2) is 42.9 Å². The molecule has 0 bridgehead atoms. The van der Waals surface area contributed by atoms with Gasteiger partial charge in [-0.25, -0.2) is 0 Å². The molecule has 2 amide bonds.